The molecular formula is C15H19ClFNO. The Balaban J connectivity index is 1.92. The molecule has 0 aromatic heterocycles. The molecule has 1 amide bonds. The van der Waals surface area contributed by atoms with Crippen molar-refractivity contribution in [3.8, 4) is 0 Å². The van der Waals surface area contributed by atoms with Gasteiger partial charge in [0.1, 0.15) is 5.82 Å². The van der Waals surface area contributed by atoms with E-state index >= 15 is 0 Å². The van der Waals surface area contributed by atoms with Crippen LogP contribution in [0.15, 0.2) is 24.3 Å². The quantitative estimate of drug-likeness (QED) is 0.552. The molecule has 4 heteroatoms. The van der Waals surface area contributed by atoms with Crippen molar-refractivity contribution >= 4 is 17.5 Å². The molecule has 1 aliphatic rings. The van der Waals surface area contributed by atoms with Gasteiger partial charge in [-0.1, -0.05) is 12.1 Å². The fourth-order valence-corrected chi connectivity index (χ4v) is 2.30. The topological polar surface area (TPSA) is 20.3 Å². The van der Waals surface area contributed by atoms with E-state index in [1.165, 1.54) is 12.1 Å². The highest BCUT2D eigenvalue weighted by atomic mass is 35.5. The van der Waals surface area contributed by atoms with Crippen molar-refractivity contribution in [3.05, 3.63) is 35.6 Å². The van der Waals surface area contributed by atoms with Crippen LogP contribution in [0.4, 0.5) is 4.39 Å². The molecule has 0 heterocycles. The molecule has 19 heavy (non-hydrogen) atoms. The van der Waals surface area contributed by atoms with Crippen molar-refractivity contribution in [1.29, 1.82) is 0 Å². The Bertz CT molecular complexity index is 417. The van der Waals surface area contributed by atoms with E-state index in [0.717, 1.165) is 31.2 Å². The maximum absolute atomic E-state index is 12.9. The van der Waals surface area contributed by atoms with Gasteiger partial charge in [-0.3, -0.25) is 4.79 Å². The molecule has 104 valence electrons. The minimum absolute atomic E-state index is 0.192. The van der Waals surface area contributed by atoms with E-state index in [9.17, 15) is 9.18 Å². The van der Waals surface area contributed by atoms with Gasteiger partial charge in [-0.05, 0) is 43.4 Å². The highest BCUT2D eigenvalue weighted by molar-refractivity contribution is 6.17. The Morgan fingerprint density at radius 2 is 1.95 bits per heavy atom. The zero-order chi connectivity index (χ0) is 13.7. The summed E-state index contributed by atoms with van der Waals surface area (Å²) in [5.74, 6) is 0.557. The summed E-state index contributed by atoms with van der Waals surface area (Å²) in [6, 6.07) is 6.76. The number of nitrogens with zero attached hydrogens (tertiary/aromatic N) is 1. The summed E-state index contributed by atoms with van der Waals surface area (Å²) >= 11 is 5.62. The molecule has 0 radical (unpaired) electrons. The molecule has 2 rings (SSSR count). The second kappa shape index (κ2) is 6.90. The van der Waals surface area contributed by atoms with Crippen molar-refractivity contribution in [1.82, 2.24) is 4.90 Å². The fraction of sp³-hybridized carbons (Fsp3) is 0.533. The molecule has 0 saturated heterocycles. The molecule has 0 atom stereocenters. The van der Waals surface area contributed by atoms with Crippen LogP contribution in [0.3, 0.4) is 0 Å². The zero-order valence-corrected chi connectivity index (χ0v) is 11.7. The lowest BCUT2D eigenvalue weighted by molar-refractivity contribution is -0.132. The van der Waals surface area contributed by atoms with Crippen LogP contribution in [0.25, 0.3) is 0 Å². The largest absolute Gasteiger partial charge is 0.335 e. The first kappa shape index (κ1) is 14.3. The molecular weight excluding hydrogens is 265 g/mol. The third-order valence-corrected chi connectivity index (χ3v) is 3.62. The maximum Gasteiger partial charge on any atom is 0.223 e. The molecule has 1 aromatic carbocycles. The van der Waals surface area contributed by atoms with E-state index in [2.05, 4.69) is 0 Å². The fourth-order valence-electron chi connectivity index (χ4n) is 2.11. The van der Waals surface area contributed by atoms with Gasteiger partial charge in [0.15, 0.2) is 0 Å². The normalized spacial score (nSPS) is 14.4. The van der Waals surface area contributed by atoms with Gasteiger partial charge >= 0.3 is 0 Å². The van der Waals surface area contributed by atoms with Crippen molar-refractivity contribution in [2.45, 2.75) is 44.7 Å². The van der Waals surface area contributed by atoms with Crippen molar-refractivity contribution in [2.24, 2.45) is 0 Å². The lowest BCUT2D eigenvalue weighted by atomic mass is 10.1. The van der Waals surface area contributed by atoms with Crippen LogP contribution in [0, 0.1) is 5.82 Å². The monoisotopic (exact) mass is 283 g/mol. The van der Waals surface area contributed by atoms with Gasteiger partial charge in [-0.15, -0.1) is 11.6 Å². The van der Waals surface area contributed by atoms with Crippen LogP contribution in [-0.2, 0) is 11.3 Å². The average molecular weight is 284 g/mol. The third-order valence-electron chi connectivity index (χ3n) is 3.35. The number of carbonyl (C=O) groups excluding carboxylic acids is 1. The molecule has 0 unspecified atom stereocenters. The van der Waals surface area contributed by atoms with Crippen LogP contribution >= 0.6 is 11.6 Å². The first-order valence-electron chi connectivity index (χ1n) is 6.80. The van der Waals surface area contributed by atoms with Gasteiger partial charge < -0.3 is 4.90 Å². The number of unbranched alkanes of at least 4 members (excludes halogenated alkanes) is 1. The Labute approximate surface area is 118 Å². The van der Waals surface area contributed by atoms with Gasteiger partial charge in [0.2, 0.25) is 5.91 Å². The van der Waals surface area contributed by atoms with Gasteiger partial charge in [-0.2, -0.15) is 0 Å². The highest BCUT2D eigenvalue weighted by Gasteiger charge is 2.31. The molecule has 1 fully saturated rings. The van der Waals surface area contributed by atoms with Crippen LogP contribution in [0.5, 0.6) is 0 Å². The van der Waals surface area contributed by atoms with Crippen LogP contribution in [0.1, 0.15) is 37.7 Å². The Hall–Kier alpha value is -1.09. The number of alkyl halides is 1. The minimum atomic E-state index is -0.241. The highest BCUT2D eigenvalue weighted by Crippen LogP contribution is 2.29. The SMILES string of the molecule is O=C(CCCCCl)N(Cc1ccc(F)cc1)C1CC1. The third kappa shape index (κ3) is 4.50. The van der Waals surface area contributed by atoms with Gasteiger partial charge in [0.25, 0.3) is 0 Å². The van der Waals surface area contributed by atoms with Gasteiger partial charge in [-0.25, -0.2) is 4.39 Å². The lowest BCUT2D eigenvalue weighted by Gasteiger charge is -2.22. The summed E-state index contributed by atoms with van der Waals surface area (Å²) < 4.78 is 12.9. The van der Waals surface area contributed by atoms with E-state index in [1.54, 1.807) is 12.1 Å². The molecule has 1 saturated carbocycles. The molecule has 0 N–H and O–H groups in total. The van der Waals surface area contributed by atoms with Crippen molar-refractivity contribution < 1.29 is 9.18 Å². The number of hydrogen-bond donors (Lipinski definition) is 0. The van der Waals surface area contributed by atoms with E-state index < -0.39 is 0 Å². The minimum Gasteiger partial charge on any atom is -0.335 e. The van der Waals surface area contributed by atoms with Crippen LogP contribution in [0.2, 0.25) is 0 Å². The lowest BCUT2D eigenvalue weighted by Crippen LogP contribution is -2.32. The van der Waals surface area contributed by atoms with E-state index in [0.29, 0.717) is 24.9 Å². The molecule has 1 aliphatic carbocycles. The summed E-state index contributed by atoms with van der Waals surface area (Å²) in [5, 5.41) is 0. The average Bonchev–Trinajstić information content (AvgIpc) is 3.22. The summed E-state index contributed by atoms with van der Waals surface area (Å²) in [4.78, 5) is 14.1. The van der Waals surface area contributed by atoms with Crippen LogP contribution in [-0.4, -0.2) is 22.7 Å². The van der Waals surface area contributed by atoms with Gasteiger partial charge in [0, 0.05) is 24.9 Å². The van der Waals surface area contributed by atoms with Crippen molar-refractivity contribution in [3.63, 3.8) is 0 Å². The smallest absolute Gasteiger partial charge is 0.223 e. The summed E-state index contributed by atoms with van der Waals surface area (Å²) in [6.07, 6.45) is 4.45. The number of halogens is 2. The van der Waals surface area contributed by atoms with E-state index in [-0.39, 0.29) is 11.7 Å². The number of hydrogen-bond acceptors (Lipinski definition) is 1. The maximum atomic E-state index is 12.9. The van der Waals surface area contributed by atoms with E-state index in [4.69, 9.17) is 11.6 Å². The first-order valence-corrected chi connectivity index (χ1v) is 7.34. The summed E-state index contributed by atoms with van der Waals surface area (Å²) in [6.45, 7) is 0.588. The predicted octanol–water partition coefficient (Wildman–Crippen LogP) is 3.73. The number of benzene rings is 1. The molecule has 2 nitrogen and oxygen atoms in total. The first-order chi connectivity index (χ1) is 9.20. The second-order valence-corrected chi connectivity index (χ2v) is 5.40. The number of amides is 1. The number of rotatable bonds is 7. The van der Waals surface area contributed by atoms with E-state index in [1.807, 2.05) is 4.90 Å². The van der Waals surface area contributed by atoms with Gasteiger partial charge in [0.05, 0.1) is 0 Å². The molecule has 0 aliphatic heterocycles. The molecule has 0 bridgehead atoms. The van der Waals surface area contributed by atoms with Crippen molar-refractivity contribution in [2.75, 3.05) is 5.88 Å². The second-order valence-electron chi connectivity index (χ2n) is 5.03. The molecule has 1 aromatic rings. The standard InChI is InChI=1S/C15H19ClFNO/c16-10-2-1-3-15(19)18(14-8-9-14)11-12-4-6-13(17)7-5-12/h4-7,14H,1-3,8-11H2. The summed E-state index contributed by atoms with van der Waals surface area (Å²) in [5.41, 5.74) is 0.985. The molecule has 0 spiro atoms. The Morgan fingerprint density at radius 1 is 1.26 bits per heavy atom. The Morgan fingerprint density at radius 3 is 2.53 bits per heavy atom. The van der Waals surface area contributed by atoms with Crippen LogP contribution < -0.4 is 0 Å². The Kier molecular flexibility index (Phi) is 5.20. The number of carbonyl (C=O) groups is 1. The summed E-state index contributed by atoms with van der Waals surface area (Å²) in [7, 11) is 0. The predicted molar refractivity (Wildman–Crippen MR) is 74.5 cm³/mol. The zero-order valence-electron chi connectivity index (χ0n) is 10.9.